The highest BCUT2D eigenvalue weighted by Crippen LogP contribution is 2.15. The van der Waals surface area contributed by atoms with E-state index in [1.54, 1.807) is 30.3 Å². The fraction of sp³-hybridized carbons (Fsp3) is 0.0667. The molecule has 0 heterocycles. The number of carbonyl (C=O) groups excluding carboxylic acids is 2. The van der Waals surface area contributed by atoms with Crippen LogP contribution in [0.15, 0.2) is 53.0 Å². The molecule has 0 atom stereocenters. The van der Waals surface area contributed by atoms with Gasteiger partial charge >= 0.3 is 0 Å². The van der Waals surface area contributed by atoms with Crippen molar-refractivity contribution >= 4 is 27.6 Å². The number of rotatable bonds is 4. The van der Waals surface area contributed by atoms with Crippen LogP contribution in [0.2, 0.25) is 0 Å². The first-order valence-corrected chi connectivity index (χ1v) is 6.69. The maximum atomic E-state index is 13.5. The smallest absolute Gasteiger partial charge is 0.254 e. The minimum atomic E-state index is -0.627. The first-order chi connectivity index (χ1) is 9.58. The maximum Gasteiger partial charge on any atom is 0.254 e. The first-order valence-electron chi connectivity index (χ1n) is 5.89. The van der Waals surface area contributed by atoms with Crippen molar-refractivity contribution in [2.24, 2.45) is 0 Å². The first kappa shape index (κ1) is 14.4. The molecule has 0 aliphatic heterocycles. The van der Waals surface area contributed by atoms with Crippen LogP contribution < -0.4 is 5.32 Å². The summed E-state index contributed by atoms with van der Waals surface area (Å²) in [5.41, 5.74) is 0.405. The van der Waals surface area contributed by atoms with Crippen molar-refractivity contribution in [1.29, 1.82) is 0 Å². The summed E-state index contributed by atoms with van der Waals surface area (Å²) in [6.07, 6.45) is 0. The van der Waals surface area contributed by atoms with Gasteiger partial charge in [-0.2, -0.15) is 0 Å². The molecule has 2 rings (SSSR count). The van der Waals surface area contributed by atoms with E-state index in [0.717, 1.165) is 0 Å². The van der Waals surface area contributed by atoms with E-state index in [-0.39, 0.29) is 17.9 Å². The van der Waals surface area contributed by atoms with Crippen LogP contribution in [0.1, 0.15) is 20.7 Å². The Hall–Kier alpha value is -2.01. The topological polar surface area (TPSA) is 46.2 Å². The second-order valence-electron chi connectivity index (χ2n) is 4.10. The summed E-state index contributed by atoms with van der Waals surface area (Å²) in [5.74, 6) is -1.47. The predicted octanol–water partition coefficient (Wildman–Crippen LogP) is 3.20. The number of halogens is 2. The molecule has 0 spiro atoms. The molecule has 0 saturated carbocycles. The molecule has 3 nitrogen and oxygen atoms in total. The van der Waals surface area contributed by atoms with Crippen molar-refractivity contribution in [2.45, 2.75) is 0 Å². The molecule has 2 aromatic rings. The average molecular weight is 336 g/mol. The largest absolute Gasteiger partial charge is 0.344 e. The minimum absolute atomic E-state index is 0.0970. The number of benzene rings is 2. The highest BCUT2D eigenvalue weighted by molar-refractivity contribution is 9.10. The number of hydrogen-bond acceptors (Lipinski definition) is 2. The zero-order valence-corrected chi connectivity index (χ0v) is 12.0. The van der Waals surface area contributed by atoms with Gasteiger partial charge in [-0.15, -0.1) is 0 Å². The van der Waals surface area contributed by atoms with Gasteiger partial charge in [-0.1, -0.05) is 46.3 Å². The third kappa shape index (κ3) is 3.51. The standard InChI is InChI=1S/C15H11BrFNO2/c16-11-6-7-13(17)12(8-11)15(20)18-9-14(19)10-4-2-1-3-5-10/h1-8H,9H2,(H,18,20). The summed E-state index contributed by atoms with van der Waals surface area (Å²) in [5, 5.41) is 2.42. The van der Waals surface area contributed by atoms with Crippen molar-refractivity contribution in [3.05, 3.63) is 69.9 Å². The molecule has 0 fully saturated rings. The molecule has 2 aromatic carbocycles. The van der Waals surface area contributed by atoms with E-state index in [0.29, 0.717) is 10.0 Å². The van der Waals surface area contributed by atoms with Gasteiger partial charge in [0.25, 0.3) is 5.91 Å². The maximum absolute atomic E-state index is 13.5. The monoisotopic (exact) mass is 335 g/mol. The molecule has 0 bridgehead atoms. The van der Waals surface area contributed by atoms with Gasteiger partial charge in [-0.3, -0.25) is 9.59 Å². The van der Waals surface area contributed by atoms with Crippen molar-refractivity contribution in [3.63, 3.8) is 0 Å². The predicted molar refractivity (Wildman–Crippen MR) is 77.2 cm³/mol. The van der Waals surface area contributed by atoms with E-state index < -0.39 is 11.7 Å². The van der Waals surface area contributed by atoms with Crippen LogP contribution in [0.5, 0.6) is 0 Å². The van der Waals surface area contributed by atoms with Crippen LogP contribution in [0.25, 0.3) is 0 Å². The molecule has 0 unspecified atom stereocenters. The van der Waals surface area contributed by atoms with Gasteiger partial charge in [0.2, 0.25) is 0 Å². The van der Waals surface area contributed by atoms with E-state index in [4.69, 9.17) is 0 Å². The van der Waals surface area contributed by atoms with E-state index in [2.05, 4.69) is 21.2 Å². The Morgan fingerprint density at radius 2 is 1.80 bits per heavy atom. The number of hydrogen-bond donors (Lipinski definition) is 1. The van der Waals surface area contributed by atoms with Crippen molar-refractivity contribution in [3.8, 4) is 0 Å². The van der Waals surface area contributed by atoms with E-state index >= 15 is 0 Å². The zero-order valence-electron chi connectivity index (χ0n) is 10.4. The van der Waals surface area contributed by atoms with Crippen LogP contribution in [0, 0.1) is 5.82 Å². The molecule has 0 aliphatic rings. The Bertz CT molecular complexity index is 644. The fourth-order valence-electron chi connectivity index (χ4n) is 1.65. The fourth-order valence-corrected chi connectivity index (χ4v) is 2.01. The quantitative estimate of drug-likeness (QED) is 0.872. The van der Waals surface area contributed by atoms with Crippen LogP contribution >= 0.6 is 15.9 Å². The Balaban J connectivity index is 2.02. The molecule has 20 heavy (non-hydrogen) atoms. The highest BCUT2D eigenvalue weighted by Gasteiger charge is 2.13. The third-order valence-corrected chi connectivity index (χ3v) is 3.17. The third-order valence-electron chi connectivity index (χ3n) is 2.68. The lowest BCUT2D eigenvalue weighted by Crippen LogP contribution is -2.30. The number of Topliss-reactive ketones (excluding diaryl/α,β-unsaturated/α-hetero) is 1. The summed E-state index contributed by atoms with van der Waals surface area (Å²) in [4.78, 5) is 23.6. The lowest BCUT2D eigenvalue weighted by molar-refractivity contribution is 0.0901. The van der Waals surface area contributed by atoms with Crippen LogP contribution in [-0.2, 0) is 0 Å². The molecule has 0 saturated heterocycles. The van der Waals surface area contributed by atoms with Crippen molar-refractivity contribution in [2.75, 3.05) is 6.54 Å². The van der Waals surface area contributed by atoms with Crippen LogP contribution in [0.4, 0.5) is 4.39 Å². The Labute approximate surface area is 123 Å². The molecule has 5 heteroatoms. The summed E-state index contributed by atoms with van der Waals surface area (Å²) < 4.78 is 14.1. The minimum Gasteiger partial charge on any atom is -0.344 e. The van der Waals surface area contributed by atoms with Gasteiger partial charge in [0.05, 0.1) is 12.1 Å². The Kier molecular flexibility index (Phi) is 4.63. The van der Waals surface area contributed by atoms with Crippen molar-refractivity contribution in [1.82, 2.24) is 5.32 Å². The number of nitrogens with one attached hydrogen (secondary N) is 1. The summed E-state index contributed by atoms with van der Waals surface area (Å²) in [7, 11) is 0. The molecule has 0 aromatic heterocycles. The molecular weight excluding hydrogens is 325 g/mol. The van der Waals surface area contributed by atoms with Crippen LogP contribution in [-0.4, -0.2) is 18.2 Å². The van der Waals surface area contributed by atoms with E-state index in [1.807, 2.05) is 0 Å². The molecule has 1 N–H and O–H groups in total. The molecular formula is C15H11BrFNO2. The molecule has 1 amide bonds. The Morgan fingerprint density at radius 3 is 2.50 bits per heavy atom. The van der Waals surface area contributed by atoms with Crippen molar-refractivity contribution < 1.29 is 14.0 Å². The number of carbonyl (C=O) groups is 2. The van der Waals surface area contributed by atoms with Gasteiger partial charge in [0.15, 0.2) is 5.78 Å². The number of amides is 1. The summed E-state index contributed by atoms with van der Waals surface area (Å²) in [6, 6.07) is 12.7. The SMILES string of the molecule is O=C(CNC(=O)c1cc(Br)ccc1F)c1ccccc1. The molecule has 0 aliphatic carbocycles. The summed E-state index contributed by atoms with van der Waals surface area (Å²) in [6.45, 7) is -0.172. The average Bonchev–Trinajstić information content (AvgIpc) is 2.47. The summed E-state index contributed by atoms with van der Waals surface area (Å²) >= 11 is 3.17. The van der Waals surface area contributed by atoms with Gasteiger partial charge in [-0.25, -0.2) is 4.39 Å². The van der Waals surface area contributed by atoms with Crippen LogP contribution in [0.3, 0.4) is 0 Å². The zero-order chi connectivity index (χ0) is 14.5. The normalized spacial score (nSPS) is 10.1. The lowest BCUT2D eigenvalue weighted by atomic mass is 10.1. The number of ketones is 1. The second-order valence-corrected chi connectivity index (χ2v) is 5.01. The van der Waals surface area contributed by atoms with Gasteiger partial charge < -0.3 is 5.32 Å². The van der Waals surface area contributed by atoms with Gasteiger partial charge in [-0.05, 0) is 18.2 Å². The Morgan fingerprint density at radius 1 is 1.10 bits per heavy atom. The second kappa shape index (κ2) is 6.43. The van der Waals surface area contributed by atoms with E-state index in [9.17, 15) is 14.0 Å². The lowest BCUT2D eigenvalue weighted by Gasteiger charge is -2.06. The van der Waals surface area contributed by atoms with E-state index in [1.165, 1.54) is 18.2 Å². The van der Waals surface area contributed by atoms with Gasteiger partial charge in [0.1, 0.15) is 5.82 Å². The molecule has 0 radical (unpaired) electrons. The van der Waals surface area contributed by atoms with Gasteiger partial charge in [0, 0.05) is 10.0 Å². The molecule has 102 valence electrons. The highest BCUT2D eigenvalue weighted by atomic mass is 79.9.